The van der Waals surface area contributed by atoms with Crippen molar-refractivity contribution in [2.45, 2.75) is 6.42 Å². The summed E-state index contributed by atoms with van der Waals surface area (Å²) in [5, 5.41) is 8.85. The second-order valence-electron chi connectivity index (χ2n) is 3.19. The van der Waals surface area contributed by atoms with Crippen molar-refractivity contribution >= 4 is 11.8 Å². The highest BCUT2D eigenvalue weighted by Gasteiger charge is 2.20. The Labute approximate surface area is 81.7 Å². The van der Waals surface area contributed by atoms with Crippen LogP contribution in [0.25, 0.3) is 0 Å². The Morgan fingerprint density at radius 2 is 2.36 bits per heavy atom. The highest BCUT2D eigenvalue weighted by Crippen LogP contribution is 2.33. The van der Waals surface area contributed by atoms with Crippen molar-refractivity contribution in [3.63, 3.8) is 0 Å². The summed E-state index contributed by atoms with van der Waals surface area (Å²) in [6.45, 7) is 0.639. The van der Waals surface area contributed by atoms with Crippen molar-refractivity contribution < 1.29 is 14.6 Å². The van der Waals surface area contributed by atoms with Crippen LogP contribution >= 0.6 is 0 Å². The number of ether oxygens (including phenoxy) is 1. The maximum atomic E-state index is 10.8. The van der Waals surface area contributed by atoms with Crippen LogP contribution in [0.2, 0.25) is 0 Å². The molecule has 1 N–H and O–H groups in total. The second kappa shape index (κ2) is 3.21. The molecule has 1 amide bonds. The number of carbonyl (C=O) groups is 1. The minimum absolute atomic E-state index is 0.639. The van der Waals surface area contributed by atoms with Gasteiger partial charge in [0.05, 0.1) is 12.3 Å². The summed E-state index contributed by atoms with van der Waals surface area (Å²) in [4.78, 5) is 12.0. The molecular weight excluding hydrogens is 182 g/mol. The summed E-state index contributed by atoms with van der Waals surface area (Å²) in [6.07, 6.45) is -0.173. The number of hydrogen-bond donors (Lipinski definition) is 1. The zero-order valence-electron chi connectivity index (χ0n) is 7.86. The first-order valence-electron chi connectivity index (χ1n) is 4.41. The molecule has 0 radical (unpaired) electrons. The first kappa shape index (κ1) is 8.87. The number of anilines is 1. The first-order valence-corrected chi connectivity index (χ1v) is 4.41. The van der Waals surface area contributed by atoms with E-state index in [2.05, 4.69) is 0 Å². The average molecular weight is 193 g/mol. The molecule has 2 rings (SSSR count). The fourth-order valence-corrected chi connectivity index (χ4v) is 1.62. The van der Waals surface area contributed by atoms with Gasteiger partial charge >= 0.3 is 6.09 Å². The molecule has 74 valence electrons. The maximum Gasteiger partial charge on any atom is 0.411 e. The first-order chi connectivity index (χ1) is 6.70. The number of carboxylic acid groups (broad SMARTS) is 1. The third-order valence-corrected chi connectivity index (χ3v) is 2.37. The molecule has 0 bridgehead atoms. The molecule has 1 aliphatic rings. The van der Waals surface area contributed by atoms with Gasteiger partial charge < -0.3 is 9.84 Å². The van der Waals surface area contributed by atoms with Crippen LogP contribution in [0.3, 0.4) is 0 Å². The van der Waals surface area contributed by atoms with Crippen LogP contribution in [0.4, 0.5) is 10.5 Å². The number of nitrogens with zero attached hydrogens (tertiary/aromatic N) is 1. The molecule has 1 heterocycles. The molecule has 4 nitrogen and oxygen atoms in total. The van der Waals surface area contributed by atoms with Gasteiger partial charge in [0.1, 0.15) is 5.75 Å². The lowest BCUT2D eigenvalue weighted by atomic mass is 10.1. The summed E-state index contributed by atoms with van der Waals surface area (Å²) in [5.41, 5.74) is 1.70. The van der Waals surface area contributed by atoms with E-state index in [-0.39, 0.29) is 0 Å². The van der Waals surface area contributed by atoms with E-state index >= 15 is 0 Å². The summed E-state index contributed by atoms with van der Waals surface area (Å²) >= 11 is 0. The van der Waals surface area contributed by atoms with E-state index in [1.807, 2.05) is 6.07 Å². The van der Waals surface area contributed by atoms with Crippen LogP contribution in [0, 0.1) is 0 Å². The molecular formula is C10H11NO3. The molecule has 4 heteroatoms. The zero-order valence-corrected chi connectivity index (χ0v) is 7.86. The zero-order chi connectivity index (χ0) is 10.1. The summed E-state index contributed by atoms with van der Waals surface area (Å²) in [7, 11) is 1.54. The second-order valence-corrected chi connectivity index (χ2v) is 3.19. The van der Waals surface area contributed by atoms with Crippen molar-refractivity contribution in [1.82, 2.24) is 0 Å². The largest absolute Gasteiger partial charge is 0.493 e. The van der Waals surface area contributed by atoms with Crippen molar-refractivity contribution in [3.8, 4) is 5.75 Å². The van der Waals surface area contributed by atoms with E-state index in [0.29, 0.717) is 12.3 Å². The van der Waals surface area contributed by atoms with Gasteiger partial charge in [0.15, 0.2) is 0 Å². The summed E-state index contributed by atoms with van der Waals surface area (Å²) < 4.78 is 5.35. The van der Waals surface area contributed by atoms with Gasteiger partial charge in [-0.2, -0.15) is 0 Å². The van der Waals surface area contributed by atoms with Crippen molar-refractivity contribution in [2.24, 2.45) is 0 Å². The van der Waals surface area contributed by atoms with E-state index in [9.17, 15) is 4.79 Å². The average Bonchev–Trinajstić information content (AvgIpc) is 2.63. The molecule has 1 aromatic rings. The van der Waals surface area contributed by atoms with Crippen molar-refractivity contribution in [2.75, 3.05) is 18.6 Å². The van der Waals surface area contributed by atoms with Gasteiger partial charge in [-0.3, -0.25) is 4.90 Å². The Kier molecular flexibility index (Phi) is 2.04. The quantitative estimate of drug-likeness (QED) is 0.739. The topological polar surface area (TPSA) is 49.8 Å². The highest BCUT2D eigenvalue weighted by molar-refractivity contribution is 5.87. The summed E-state index contributed by atoms with van der Waals surface area (Å²) in [5.74, 6) is 0.801. The van der Waals surface area contributed by atoms with Crippen LogP contribution in [0.15, 0.2) is 18.2 Å². The fourth-order valence-electron chi connectivity index (χ4n) is 1.62. The van der Waals surface area contributed by atoms with Gasteiger partial charge in [0, 0.05) is 19.0 Å². The third kappa shape index (κ3) is 1.28. The molecule has 1 aromatic carbocycles. The monoisotopic (exact) mass is 193 g/mol. The predicted molar refractivity (Wildman–Crippen MR) is 52.1 cm³/mol. The molecule has 0 atom stereocenters. The number of rotatable bonds is 1. The Morgan fingerprint density at radius 1 is 1.57 bits per heavy atom. The molecule has 0 aromatic heterocycles. The van der Waals surface area contributed by atoms with Gasteiger partial charge in [-0.15, -0.1) is 0 Å². The lowest BCUT2D eigenvalue weighted by Gasteiger charge is -2.15. The maximum absolute atomic E-state index is 10.8. The van der Waals surface area contributed by atoms with Gasteiger partial charge in [0.25, 0.3) is 0 Å². The van der Waals surface area contributed by atoms with E-state index < -0.39 is 6.09 Å². The fraction of sp³-hybridized carbons (Fsp3) is 0.300. The Balaban J connectivity index is 2.44. The number of fused-ring (bicyclic) bond motifs is 1. The third-order valence-electron chi connectivity index (χ3n) is 2.37. The molecule has 0 saturated heterocycles. The normalized spacial score (nSPS) is 13.2. The minimum atomic E-state index is -0.953. The Morgan fingerprint density at radius 3 is 3.07 bits per heavy atom. The van der Waals surface area contributed by atoms with E-state index in [4.69, 9.17) is 9.84 Å². The highest BCUT2D eigenvalue weighted by atomic mass is 16.5. The van der Waals surface area contributed by atoms with Gasteiger partial charge in [0.2, 0.25) is 0 Å². The van der Waals surface area contributed by atoms with Crippen LogP contribution in [0.5, 0.6) is 5.75 Å². The van der Waals surface area contributed by atoms with E-state index in [1.54, 1.807) is 12.1 Å². The molecule has 14 heavy (non-hydrogen) atoms. The standard InChI is InChI=1S/C10H11NO3/c1-11(10(12)13)8-3-2-4-9-7(8)5-6-14-9/h2-4H,5-6H2,1H3,(H,12,13). The molecule has 0 spiro atoms. The predicted octanol–water partition coefficient (Wildman–Crippen LogP) is 1.74. The van der Waals surface area contributed by atoms with E-state index in [0.717, 1.165) is 17.7 Å². The Hall–Kier alpha value is -1.71. The SMILES string of the molecule is CN(C(=O)O)c1cccc2c1CCO2. The Bertz CT molecular complexity index is 376. The van der Waals surface area contributed by atoms with E-state index in [1.165, 1.54) is 11.9 Å². The lowest BCUT2D eigenvalue weighted by Crippen LogP contribution is -2.24. The van der Waals surface area contributed by atoms with Crippen LogP contribution < -0.4 is 9.64 Å². The summed E-state index contributed by atoms with van der Waals surface area (Å²) in [6, 6.07) is 5.46. The van der Waals surface area contributed by atoms with Crippen molar-refractivity contribution in [3.05, 3.63) is 23.8 Å². The smallest absolute Gasteiger partial charge is 0.411 e. The van der Waals surface area contributed by atoms with Gasteiger partial charge in [-0.05, 0) is 12.1 Å². The van der Waals surface area contributed by atoms with Crippen LogP contribution in [-0.2, 0) is 6.42 Å². The van der Waals surface area contributed by atoms with Crippen LogP contribution in [0.1, 0.15) is 5.56 Å². The molecule has 1 aliphatic heterocycles. The van der Waals surface area contributed by atoms with Crippen molar-refractivity contribution in [1.29, 1.82) is 0 Å². The molecule has 0 unspecified atom stereocenters. The molecule has 0 fully saturated rings. The number of benzene rings is 1. The lowest BCUT2D eigenvalue weighted by molar-refractivity contribution is 0.203. The van der Waals surface area contributed by atoms with Crippen LogP contribution in [-0.4, -0.2) is 24.9 Å². The van der Waals surface area contributed by atoms with Gasteiger partial charge in [-0.25, -0.2) is 4.79 Å². The molecule has 0 saturated carbocycles. The van der Waals surface area contributed by atoms with Gasteiger partial charge in [-0.1, -0.05) is 6.07 Å². The number of amides is 1. The molecule has 0 aliphatic carbocycles. The number of hydrogen-bond acceptors (Lipinski definition) is 2. The minimum Gasteiger partial charge on any atom is -0.493 e.